The molecule has 2 rings (SSSR count). The van der Waals surface area contributed by atoms with Crippen molar-refractivity contribution in [1.29, 1.82) is 0 Å². The molecule has 1 aromatic rings. The summed E-state index contributed by atoms with van der Waals surface area (Å²) in [6.07, 6.45) is 15.1. The summed E-state index contributed by atoms with van der Waals surface area (Å²) < 4.78 is 0. The van der Waals surface area contributed by atoms with E-state index in [1.165, 1.54) is 37.7 Å². The molecule has 1 atom stereocenters. The minimum absolute atomic E-state index is 0.312. The molecule has 1 amide bonds. The van der Waals surface area contributed by atoms with E-state index in [0.29, 0.717) is 0 Å². The monoisotopic (exact) mass is 372 g/mol. The van der Waals surface area contributed by atoms with E-state index in [2.05, 4.69) is 30.6 Å². The molecule has 1 heterocycles. The predicted molar refractivity (Wildman–Crippen MR) is 113 cm³/mol. The summed E-state index contributed by atoms with van der Waals surface area (Å²) in [4.78, 5) is 12.0. The molecule has 142 valence electrons. The summed E-state index contributed by atoms with van der Waals surface area (Å²) in [6.45, 7) is 2.24. The lowest BCUT2D eigenvalue weighted by Crippen LogP contribution is -2.47. The largest absolute Gasteiger partial charge is 0.373 e. The van der Waals surface area contributed by atoms with Gasteiger partial charge in [0.05, 0.1) is 5.57 Å². The van der Waals surface area contributed by atoms with Crippen LogP contribution in [0, 0.1) is 0 Å². The molecular formula is C22H32N2OS. The van der Waals surface area contributed by atoms with Crippen LogP contribution in [0.5, 0.6) is 0 Å². The molecule has 3 N–H and O–H groups in total. The predicted octanol–water partition coefficient (Wildman–Crippen LogP) is 4.94. The van der Waals surface area contributed by atoms with Crippen LogP contribution in [-0.4, -0.2) is 17.0 Å². The van der Waals surface area contributed by atoms with Crippen molar-refractivity contribution < 1.29 is 4.79 Å². The number of carbonyl (C=O) groups excluding carboxylic acids is 1. The molecule has 1 aliphatic rings. The van der Waals surface area contributed by atoms with Gasteiger partial charge in [0.15, 0.2) is 0 Å². The Morgan fingerprint density at radius 1 is 1.12 bits per heavy atom. The number of carbonyl (C=O) groups is 1. The highest BCUT2D eigenvalue weighted by atomic mass is 32.2. The fourth-order valence-electron chi connectivity index (χ4n) is 3.63. The first-order valence-corrected chi connectivity index (χ1v) is 10.9. The van der Waals surface area contributed by atoms with Crippen LogP contribution in [0.25, 0.3) is 0 Å². The van der Waals surface area contributed by atoms with Gasteiger partial charge in [-0.25, -0.2) is 0 Å². The number of hydrogen-bond acceptors (Lipinski definition) is 3. The van der Waals surface area contributed by atoms with Crippen molar-refractivity contribution in [2.45, 2.75) is 63.2 Å². The summed E-state index contributed by atoms with van der Waals surface area (Å²) in [5.74, 6) is -0.312. The van der Waals surface area contributed by atoms with Crippen molar-refractivity contribution in [2.75, 3.05) is 6.26 Å². The first kappa shape index (κ1) is 20.6. The van der Waals surface area contributed by atoms with Crippen LogP contribution in [0.4, 0.5) is 0 Å². The van der Waals surface area contributed by atoms with Crippen molar-refractivity contribution in [2.24, 2.45) is 5.73 Å². The van der Waals surface area contributed by atoms with Gasteiger partial charge in [-0.2, -0.15) is 0 Å². The fraction of sp³-hybridized carbons (Fsp3) is 0.500. The van der Waals surface area contributed by atoms with E-state index >= 15 is 0 Å². The molecule has 0 saturated carbocycles. The molecule has 1 aromatic carbocycles. The SMILES string of the molecule is CCCCCCCCC1(SC)NC=CC(Cc2ccccc2)=C1C(N)=O. The van der Waals surface area contributed by atoms with Gasteiger partial charge in [-0.05, 0) is 48.9 Å². The summed E-state index contributed by atoms with van der Waals surface area (Å²) in [6, 6.07) is 10.3. The molecule has 0 bridgehead atoms. The van der Waals surface area contributed by atoms with Crippen LogP contribution in [0.2, 0.25) is 0 Å². The Hall–Kier alpha value is -1.68. The van der Waals surface area contributed by atoms with Gasteiger partial charge < -0.3 is 11.1 Å². The van der Waals surface area contributed by atoms with Crippen molar-refractivity contribution in [3.63, 3.8) is 0 Å². The molecule has 26 heavy (non-hydrogen) atoms. The Bertz CT molecular complexity index is 639. The Labute approximate surface area is 162 Å². The standard InChI is InChI=1S/C22H32N2OS/c1-3-4-5-6-7-11-15-22(26-2)20(21(23)25)19(14-16-24-22)17-18-12-9-8-10-13-18/h8-10,12-14,16,24H,3-7,11,15,17H2,1-2H3,(H2,23,25). The van der Waals surface area contributed by atoms with Gasteiger partial charge in [0.2, 0.25) is 5.91 Å². The molecule has 4 heteroatoms. The van der Waals surface area contributed by atoms with E-state index in [0.717, 1.165) is 30.4 Å². The normalized spacial score (nSPS) is 19.5. The molecule has 0 saturated heterocycles. The van der Waals surface area contributed by atoms with Crippen LogP contribution < -0.4 is 11.1 Å². The molecule has 1 aliphatic heterocycles. The maximum atomic E-state index is 12.4. The average molecular weight is 373 g/mol. The number of allylic oxidation sites excluding steroid dienone is 2. The molecule has 0 radical (unpaired) electrons. The maximum Gasteiger partial charge on any atom is 0.248 e. The van der Waals surface area contributed by atoms with Crippen LogP contribution >= 0.6 is 11.8 Å². The first-order valence-electron chi connectivity index (χ1n) is 9.69. The van der Waals surface area contributed by atoms with Gasteiger partial charge in [0, 0.05) is 0 Å². The van der Waals surface area contributed by atoms with Gasteiger partial charge in [-0.3, -0.25) is 4.79 Å². The van der Waals surface area contributed by atoms with Gasteiger partial charge in [0.1, 0.15) is 4.87 Å². The second-order valence-electron chi connectivity index (χ2n) is 6.95. The number of nitrogens with one attached hydrogen (secondary N) is 1. The number of nitrogens with two attached hydrogens (primary N) is 1. The number of primary amides is 1. The van der Waals surface area contributed by atoms with E-state index in [9.17, 15) is 4.79 Å². The smallest absolute Gasteiger partial charge is 0.248 e. The topological polar surface area (TPSA) is 55.1 Å². The van der Waals surface area contributed by atoms with Crippen LogP contribution in [0.3, 0.4) is 0 Å². The van der Waals surface area contributed by atoms with Crippen LogP contribution in [-0.2, 0) is 11.2 Å². The Kier molecular flexibility index (Phi) is 8.30. The zero-order valence-corrected chi connectivity index (χ0v) is 16.9. The molecular weight excluding hydrogens is 340 g/mol. The van der Waals surface area contributed by atoms with Crippen molar-refractivity contribution >= 4 is 17.7 Å². The van der Waals surface area contributed by atoms with E-state index in [4.69, 9.17) is 5.73 Å². The van der Waals surface area contributed by atoms with Gasteiger partial charge >= 0.3 is 0 Å². The lowest BCUT2D eigenvalue weighted by Gasteiger charge is -2.37. The highest BCUT2D eigenvalue weighted by Crippen LogP contribution is 2.39. The summed E-state index contributed by atoms with van der Waals surface area (Å²) in [7, 11) is 0. The third-order valence-corrected chi connectivity index (χ3v) is 6.26. The van der Waals surface area contributed by atoms with E-state index in [1.807, 2.05) is 30.5 Å². The molecule has 1 unspecified atom stereocenters. The number of rotatable bonds is 11. The highest BCUT2D eigenvalue weighted by Gasteiger charge is 2.38. The van der Waals surface area contributed by atoms with E-state index in [-0.39, 0.29) is 5.91 Å². The molecule has 0 fully saturated rings. The lowest BCUT2D eigenvalue weighted by atomic mass is 9.89. The van der Waals surface area contributed by atoms with Gasteiger partial charge in [-0.1, -0.05) is 69.4 Å². The Morgan fingerprint density at radius 2 is 1.81 bits per heavy atom. The molecule has 0 spiro atoms. The van der Waals surface area contributed by atoms with Gasteiger partial charge in [-0.15, -0.1) is 11.8 Å². The maximum absolute atomic E-state index is 12.4. The van der Waals surface area contributed by atoms with E-state index in [1.54, 1.807) is 11.8 Å². The number of dihydropyridines is 1. The zero-order chi connectivity index (χ0) is 18.8. The second-order valence-corrected chi connectivity index (χ2v) is 8.06. The summed E-state index contributed by atoms with van der Waals surface area (Å²) in [5, 5.41) is 3.46. The summed E-state index contributed by atoms with van der Waals surface area (Å²) in [5.41, 5.74) is 8.82. The average Bonchev–Trinajstić information content (AvgIpc) is 2.65. The quantitative estimate of drug-likeness (QED) is 0.541. The Balaban J connectivity index is 2.15. The number of thioether (sulfide) groups is 1. The lowest BCUT2D eigenvalue weighted by molar-refractivity contribution is -0.115. The fourth-order valence-corrected chi connectivity index (χ4v) is 4.60. The minimum Gasteiger partial charge on any atom is -0.373 e. The van der Waals surface area contributed by atoms with Crippen LogP contribution in [0.15, 0.2) is 53.8 Å². The second kappa shape index (κ2) is 10.5. The molecule has 0 aromatic heterocycles. The first-order chi connectivity index (χ1) is 12.6. The zero-order valence-electron chi connectivity index (χ0n) is 16.1. The van der Waals surface area contributed by atoms with Crippen molar-refractivity contribution in [3.8, 4) is 0 Å². The van der Waals surface area contributed by atoms with Gasteiger partial charge in [0.25, 0.3) is 0 Å². The minimum atomic E-state index is -0.407. The molecule has 0 aliphatic carbocycles. The van der Waals surface area contributed by atoms with E-state index < -0.39 is 4.87 Å². The Morgan fingerprint density at radius 3 is 2.46 bits per heavy atom. The number of benzene rings is 1. The molecule has 3 nitrogen and oxygen atoms in total. The highest BCUT2D eigenvalue weighted by molar-refractivity contribution is 8.00. The number of unbranched alkanes of at least 4 members (excludes halogenated alkanes) is 5. The van der Waals surface area contributed by atoms with Crippen molar-refractivity contribution in [1.82, 2.24) is 5.32 Å². The number of hydrogen-bond donors (Lipinski definition) is 2. The third kappa shape index (κ3) is 5.41. The summed E-state index contributed by atoms with van der Waals surface area (Å²) >= 11 is 1.69. The third-order valence-electron chi connectivity index (χ3n) is 5.04. The van der Waals surface area contributed by atoms with Crippen molar-refractivity contribution in [3.05, 3.63) is 59.3 Å². The number of amides is 1. The van der Waals surface area contributed by atoms with Crippen LogP contribution in [0.1, 0.15) is 57.4 Å².